The summed E-state index contributed by atoms with van der Waals surface area (Å²) in [5.41, 5.74) is 10.2. The summed E-state index contributed by atoms with van der Waals surface area (Å²) in [6.07, 6.45) is 2.15. The second-order valence-corrected chi connectivity index (χ2v) is 5.86. The van der Waals surface area contributed by atoms with Crippen LogP contribution in [0.25, 0.3) is 11.3 Å². The average molecular weight is 275 g/mol. The van der Waals surface area contributed by atoms with Crippen molar-refractivity contribution in [1.29, 1.82) is 0 Å². The molecule has 0 saturated heterocycles. The third-order valence-electron chi connectivity index (χ3n) is 3.42. The number of aromatic nitrogens is 1. The van der Waals surface area contributed by atoms with Crippen LogP contribution in [-0.2, 0) is 12.8 Å². The fourth-order valence-electron chi connectivity index (χ4n) is 2.47. The molecule has 1 aromatic heterocycles. The number of nitrogens with zero attached hydrogens (tertiary/aromatic N) is 1. The lowest BCUT2D eigenvalue weighted by molar-refractivity contribution is 0.189. The Morgan fingerprint density at radius 2 is 2.37 bits per heavy atom. The number of nitrogen functional groups attached to an aromatic ring is 1. The van der Waals surface area contributed by atoms with E-state index in [1.165, 1.54) is 10.4 Å². The van der Waals surface area contributed by atoms with E-state index >= 15 is 0 Å². The molecule has 0 radical (unpaired) electrons. The number of thiazole rings is 1. The number of aryl methyl sites for hydroxylation is 2. The fraction of sp³-hybridized carbons (Fsp3) is 0.357. The van der Waals surface area contributed by atoms with Crippen LogP contribution in [0.3, 0.4) is 0 Å². The van der Waals surface area contributed by atoms with Crippen molar-refractivity contribution >= 4 is 22.2 Å². The van der Waals surface area contributed by atoms with Gasteiger partial charge in [0, 0.05) is 16.1 Å². The molecule has 4 N–H and O–H groups in total. The summed E-state index contributed by atoms with van der Waals surface area (Å²) in [6, 6.07) is 6.21. The van der Waals surface area contributed by atoms with Crippen molar-refractivity contribution in [3.8, 4) is 11.3 Å². The molecule has 1 unspecified atom stereocenters. The molecule has 4 nitrogen and oxygen atoms in total. The normalized spacial score (nSPS) is 17.9. The van der Waals surface area contributed by atoms with E-state index < -0.39 is 6.23 Å². The quantitative estimate of drug-likeness (QED) is 0.788. The molecule has 0 fully saturated rings. The zero-order chi connectivity index (χ0) is 13.4. The van der Waals surface area contributed by atoms with Crippen LogP contribution in [0, 0.1) is 0 Å². The number of nitrogens with one attached hydrogen (secondary N) is 1. The Morgan fingerprint density at radius 3 is 3.16 bits per heavy atom. The van der Waals surface area contributed by atoms with Crippen molar-refractivity contribution in [3.05, 3.63) is 28.6 Å². The van der Waals surface area contributed by atoms with E-state index in [1.807, 2.05) is 12.1 Å². The molecule has 5 heteroatoms. The third kappa shape index (κ3) is 2.31. The molecule has 1 aliphatic heterocycles. The molecule has 19 heavy (non-hydrogen) atoms. The predicted molar refractivity (Wildman–Crippen MR) is 79.3 cm³/mol. The van der Waals surface area contributed by atoms with E-state index in [2.05, 4.69) is 23.3 Å². The minimum absolute atomic E-state index is 0.431. The first-order chi connectivity index (χ1) is 9.17. The molecular formula is C14H17N3OS. The van der Waals surface area contributed by atoms with Gasteiger partial charge in [0.25, 0.3) is 0 Å². The first kappa shape index (κ1) is 12.4. The minimum Gasteiger partial charge on any atom is -0.375 e. The van der Waals surface area contributed by atoms with Crippen LogP contribution in [0.5, 0.6) is 0 Å². The molecule has 0 spiro atoms. The van der Waals surface area contributed by atoms with E-state index in [-0.39, 0.29) is 0 Å². The standard InChI is InChI=1S/C14H17N3OS/c1-2-11-13(17-14(15)19-11)9-3-5-10-8(7-9)4-6-12(18)16-10/h3,5,7,12,16,18H,2,4,6H2,1H3,(H2,15,17). The molecule has 0 saturated carbocycles. The first-order valence-electron chi connectivity index (χ1n) is 6.50. The SMILES string of the molecule is CCc1sc(N)nc1-c1ccc2c(c1)CCC(O)N2. The van der Waals surface area contributed by atoms with Gasteiger partial charge in [-0.05, 0) is 37.0 Å². The zero-order valence-electron chi connectivity index (χ0n) is 10.8. The monoisotopic (exact) mass is 275 g/mol. The van der Waals surface area contributed by atoms with E-state index in [1.54, 1.807) is 11.3 Å². The topological polar surface area (TPSA) is 71.2 Å². The summed E-state index contributed by atoms with van der Waals surface area (Å²) in [6.45, 7) is 2.12. The van der Waals surface area contributed by atoms with Gasteiger partial charge in [0.2, 0.25) is 0 Å². The molecular weight excluding hydrogens is 258 g/mol. The van der Waals surface area contributed by atoms with Gasteiger partial charge < -0.3 is 16.2 Å². The second kappa shape index (κ2) is 4.83. The maximum absolute atomic E-state index is 9.59. The molecule has 1 atom stereocenters. The lowest BCUT2D eigenvalue weighted by Crippen LogP contribution is -2.24. The number of rotatable bonds is 2. The molecule has 2 heterocycles. The van der Waals surface area contributed by atoms with Gasteiger partial charge in [-0.1, -0.05) is 13.0 Å². The van der Waals surface area contributed by atoms with E-state index in [4.69, 9.17) is 5.73 Å². The van der Waals surface area contributed by atoms with Crippen molar-refractivity contribution in [3.63, 3.8) is 0 Å². The number of fused-ring (bicyclic) bond motifs is 1. The highest BCUT2D eigenvalue weighted by Crippen LogP contribution is 2.33. The van der Waals surface area contributed by atoms with Crippen molar-refractivity contribution in [1.82, 2.24) is 4.98 Å². The van der Waals surface area contributed by atoms with Crippen molar-refractivity contribution in [2.75, 3.05) is 11.1 Å². The van der Waals surface area contributed by atoms with E-state index in [9.17, 15) is 5.11 Å². The molecule has 1 aromatic carbocycles. The first-order valence-corrected chi connectivity index (χ1v) is 7.32. The van der Waals surface area contributed by atoms with Crippen LogP contribution in [0.15, 0.2) is 18.2 Å². The number of hydrogen-bond acceptors (Lipinski definition) is 5. The van der Waals surface area contributed by atoms with Crippen molar-refractivity contribution in [2.45, 2.75) is 32.4 Å². The van der Waals surface area contributed by atoms with Gasteiger partial charge in [0.1, 0.15) is 6.23 Å². The molecule has 2 aromatic rings. The smallest absolute Gasteiger partial charge is 0.180 e. The Balaban J connectivity index is 2.02. The third-order valence-corrected chi connectivity index (χ3v) is 4.45. The summed E-state index contributed by atoms with van der Waals surface area (Å²) in [5.74, 6) is 0. The molecule has 0 amide bonds. The number of nitrogens with two attached hydrogens (primary N) is 1. The van der Waals surface area contributed by atoms with Gasteiger partial charge >= 0.3 is 0 Å². The van der Waals surface area contributed by atoms with Crippen molar-refractivity contribution in [2.24, 2.45) is 0 Å². The maximum atomic E-state index is 9.59. The van der Waals surface area contributed by atoms with E-state index in [0.29, 0.717) is 5.13 Å². The van der Waals surface area contributed by atoms with Crippen LogP contribution in [-0.4, -0.2) is 16.3 Å². The summed E-state index contributed by atoms with van der Waals surface area (Å²) < 4.78 is 0. The Labute approximate surface area is 116 Å². The lowest BCUT2D eigenvalue weighted by Gasteiger charge is -2.23. The minimum atomic E-state index is -0.431. The molecule has 0 bridgehead atoms. The summed E-state index contributed by atoms with van der Waals surface area (Å²) >= 11 is 1.56. The predicted octanol–water partition coefficient (Wildman–Crippen LogP) is 2.63. The highest BCUT2D eigenvalue weighted by molar-refractivity contribution is 7.15. The number of hydrogen-bond donors (Lipinski definition) is 3. The maximum Gasteiger partial charge on any atom is 0.180 e. The van der Waals surface area contributed by atoms with E-state index in [0.717, 1.165) is 36.2 Å². The Kier molecular flexibility index (Phi) is 3.16. The molecule has 3 rings (SSSR count). The number of anilines is 2. The molecule has 100 valence electrons. The Morgan fingerprint density at radius 1 is 1.53 bits per heavy atom. The van der Waals surface area contributed by atoms with Gasteiger partial charge in [-0.3, -0.25) is 0 Å². The lowest BCUT2D eigenvalue weighted by atomic mass is 9.98. The summed E-state index contributed by atoms with van der Waals surface area (Å²) in [4.78, 5) is 5.67. The van der Waals surface area contributed by atoms with Crippen molar-refractivity contribution < 1.29 is 5.11 Å². The Bertz CT molecular complexity index is 609. The summed E-state index contributed by atoms with van der Waals surface area (Å²) in [5, 5.41) is 13.3. The second-order valence-electron chi connectivity index (χ2n) is 4.75. The Hall–Kier alpha value is -1.59. The summed E-state index contributed by atoms with van der Waals surface area (Å²) in [7, 11) is 0. The highest BCUT2D eigenvalue weighted by atomic mass is 32.1. The van der Waals surface area contributed by atoms with Gasteiger partial charge in [-0.2, -0.15) is 0 Å². The number of aliphatic hydroxyl groups excluding tert-OH is 1. The van der Waals surface area contributed by atoms with Crippen LogP contribution in [0.2, 0.25) is 0 Å². The molecule has 0 aliphatic carbocycles. The largest absolute Gasteiger partial charge is 0.375 e. The number of benzene rings is 1. The van der Waals surface area contributed by atoms with Crippen LogP contribution < -0.4 is 11.1 Å². The molecule has 1 aliphatic rings. The van der Waals surface area contributed by atoms with Crippen LogP contribution in [0.1, 0.15) is 23.8 Å². The highest BCUT2D eigenvalue weighted by Gasteiger charge is 2.17. The van der Waals surface area contributed by atoms with Gasteiger partial charge in [0.15, 0.2) is 5.13 Å². The number of aliphatic hydroxyl groups is 1. The van der Waals surface area contributed by atoms with Gasteiger partial charge in [0.05, 0.1) is 5.69 Å². The fourth-order valence-corrected chi connectivity index (χ4v) is 3.26. The van der Waals surface area contributed by atoms with Crippen LogP contribution >= 0.6 is 11.3 Å². The van der Waals surface area contributed by atoms with Crippen LogP contribution in [0.4, 0.5) is 10.8 Å². The zero-order valence-corrected chi connectivity index (χ0v) is 11.6. The average Bonchev–Trinajstić information content (AvgIpc) is 2.79. The van der Waals surface area contributed by atoms with Gasteiger partial charge in [-0.15, -0.1) is 11.3 Å². The van der Waals surface area contributed by atoms with Gasteiger partial charge in [-0.25, -0.2) is 4.98 Å².